The Balaban J connectivity index is 1.55. The first-order valence-corrected chi connectivity index (χ1v) is 11.0. The van der Waals surface area contributed by atoms with Gasteiger partial charge in [0.1, 0.15) is 5.82 Å². The van der Waals surface area contributed by atoms with Crippen molar-refractivity contribution in [3.8, 4) is 0 Å². The van der Waals surface area contributed by atoms with Gasteiger partial charge in [0, 0.05) is 39.2 Å². The fourth-order valence-corrected chi connectivity index (χ4v) is 5.08. The van der Waals surface area contributed by atoms with E-state index in [1.807, 2.05) is 19.0 Å². The van der Waals surface area contributed by atoms with Crippen molar-refractivity contribution in [1.29, 1.82) is 0 Å². The predicted molar refractivity (Wildman–Crippen MR) is 112 cm³/mol. The summed E-state index contributed by atoms with van der Waals surface area (Å²) in [6.45, 7) is 6.27. The fourth-order valence-electron chi connectivity index (χ4n) is 5.08. The van der Waals surface area contributed by atoms with E-state index in [1.165, 1.54) is 24.1 Å². The summed E-state index contributed by atoms with van der Waals surface area (Å²) in [5.74, 6) is 2.40. The predicted octanol–water partition coefficient (Wildman–Crippen LogP) is 2.96. The second-order valence-corrected chi connectivity index (χ2v) is 9.54. The van der Waals surface area contributed by atoms with Gasteiger partial charge >= 0.3 is 0 Å². The van der Waals surface area contributed by atoms with Gasteiger partial charge in [0.25, 0.3) is 0 Å². The van der Waals surface area contributed by atoms with Gasteiger partial charge in [0.05, 0.1) is 23.5 Å². The normalized spacial score (nSPS) is 27.1. The molecule has 0 unspecified atom stereocenters. The lowest BCUT2D eigenvalue weighted by Crippen LogP contribution is -2.54. The fraction of sp³-hybridized carbons (Fsp3) is 0.818. The molecule has 4 rings (SSSR count). The zero-order valence-corrected chi connectivity index (χ0v) is 17.9. The molecule has 0 saturated carbocycles. The number of rotatable bonds is 3. The number of anilines is 2. The zero-order chi connectivity index (χ0) is 19.9. The number of ether oxygens (including phenoxy) is 1. The smallest absolute Gasteiger partial charge is 0.227 e. The highest BCUT2D eigenvalue weighted by molar-refractivity contribution is 5.54. The summed E-state index contributed by atoms with van der Waals surface area (Å²) in [5, 5.41) is 10.5. The highest BCUT2D eigenvalue weighted by Crippen LogP contribution is 2.41. The Morgan fingerprint density at radius 1 is 1.14 bits per heavy atom. The molecule has 1 aromatic heterocycles. The van der Waals surface area contributed by atoms with Crippen LogP contribution < -0.4 is 9.80 Å². The molecule has 2 fully saturated rings. The summed E-state index contributed by atoms with van der Waals surface area (Å²) in [6, 6.07) is 0. The number of hydrogen-bond acceptors (Lipinski definition) is 6. The Bertz CT molecular complexity index is 698. The van der Waals surface area contributed by atoms with Gasteiger partial charge in [0.15, 0.2) is 0 Å². The molecule has 0 amide bonds. The van der Waals surface area contributed by atoms with E-state index in [4.69, 9.17) is 14.7 Å². The van der Waals surface area contributed by atoms with Crippen LogP contribution in [0.25, 0.3) is 0 Å². The summed E-state index contributed by atoms with van der Waals surface area (Å²) < 4.78 is 6.58. The molecule has 0 radical (unpaired) electrons. The van der Waals surface area contributed by atoms with Gasteiger partial charge in [-0.05, 0) is 50.9 Å². The van der Waals surface area contributed by atoms with Gasteiger partial charge in [0.2, 0.25) is 5.95 Å². The second-order valence-electron chi connectivity index (χ2n) is 9.54. The average molecular weight is 389 g/mol. The van der Waals surface area contributed by atoms with Crippen LogP contribution in [0, 0.1) is 5.92 Å². The van der Waals surface area contributed by atoms with Gasteiger partial charge in [-0.15, -0.1) is 0 Å². The molecule has 3 aliphatic rings. The zero-order valence-electron chi connectivity index (χ0n) is 17.9. The van der Waals surface area contributed by atoms with Crippen LogP contribution >= 0.6 is 0 Å². The molecule has 3 heterocycles. The van der Waals surface area contributed by atoms with Crippen LogP contribution in [0.4, 0.5) is 11.8 Å². The molecule has 2 saturated heterocycles. The van der Waals surface area contributed by atoms with Crippen molar-refractivity contribution in [2.45, 2.75) is 83.0 Å². The number of aromatic nitrogens is 2. The van der Waals surface area contributed by atoms with Crippen LogP contribution in [0.1, 0.15) is 63.6 Å². The quantitative estimate of drug-likeness (QED) is 0.859. The van der Waals surface area contributed by atoms with Gasteiger partial charge in [-0.3, -0.25) is 0 Å². The monoisotopic (exact) mass is 388 g/mol. The minimum absolute atomic E-state index is 0.166. The number of aliphatic hydroxyl groups is 1. The highest BCUT2D eigenvalue weighted by atomic mass is 16.5. The third-order valence-corrected chi connectivity index (χ3v) is 6.78. The van der Waals surface area contributed by atoms with Crippen molar-refractivity contribution in [3.63, 3.8) is 0 Å². The molecule has 0 aromatic carbocycles. The maximum atomic E-state index is 10.5. The van der Waals surface area contributed by atoms with Crippen molar-refractivity contribution in [1.82, 2.24) is 9.97 Å². The summed E-state index contributed by atoms with van der Waals surface area (Å²) in [7, 11) is 4.03. The van der Waals surface area contributed by atoms with Crippen molar-refractivity contribution in [3.05, 3.63) is 11.3 Å². The van der Waals surface area contributed by atoms with Crippen LogP contribution in [0.2, 0.25) is 0 Å². The van der Waals surface area contributed by atoms with Crippen LogP contribution in [0.3, 0.4) is 0 Å². The first kappa shape index (κ1) is 19.9. The van der Waals surface area contributed by atoms with Crippen molar-refractivity contribution >= 4 is 11.8 Å². The number of aryl methyl sites for hydroxylation is 1. The molecule has 6 heteroatoms. The maximum absolute atomic E-state index is 10.5. The molecule has 1 aromatic rings. The minimum Gasteiger partial charge on any atom is -0.393 e. The molecular formula is C22H36N4O2. The molecule has 1 spiro atoms. The number of hydrogen-bond donors (Lipinski definition) is 1. The third kappa shape index (κ3) is 3.86. The minimum atomic E-state index is -0.236. The summed E-state index contributed by atoms with van der Waals surface area (Å²) in [6.07, 6.45) is 8.01. The van der Waals surface area contributed by atoms with E-state index in [2.05, 4.69) is 18.7 Å². The topological polar surface area (TPSA) is 61.7 Å². The van der Waals surface area contributed by atoms with Crippen LogP contribution in [-0.4, -0.2) is 60.1 Å². The molecule has 2 atom stereocenters. The second kappa shape index (κ2) is 7.79. The van der Waals surface area contributed by atoms with E-state index in [0.717, 1.165) is 63.4 Å². The molecular weight excluding hydrogens is 352 g/mol. The van der Waals surface area contributed by atoms with Crippen molar-refractivity contribution in [2.75, 3.05) is 37.0 Å². The largest absolute Gasteiger partial charge is 0.393 e. The summed E-state index contributed by atoms with van der Waals surface area (Å²) >= 11 is 0. The average Bonchev–Trinajstić information content (AvgIpc) is 2.67. The lowest BCUT2D eigenvalue weighted by atomic mass is 9.80. The highest BCUT2D eigenvalue weighted by Gasteiger charge is 2.44. The van der Waals surface area contributed by atoms with E-state index in [-0.39, 0.29) is 17.8 Å². The Morgan fingerprint density at radius 3 is 2.54 bits per heavy atom. The first-order valence-electron chi connectivity index (χ1n) is 11.0. The number of piperidine rings is 1. The molecule has 1 aliphatic carbocycles. The molecule has 6 nitrogen and oxygen atoms in total. The van der Waals surface area contributed by atoms with Crippen molar-refractivity contribution < 1.29 is 9.84 Å². The van der Waals surface area contributed by atoms with Gasteiger partial charge in [-0.1, -0.05) is 13.8 Å². The lowest BCUT2D eigenvalue weighted by molar-refractivity contribution is -0.183. The van der Waals surface area contributed by atoms with Crippen LogP contribution in [0.15, 0.2) is 0 Å². The Hall–Kier alpha value is -1.40. The maximum Gasteiger partial charge on any atom is 0.227 e. The van der Waals surface area contributed by atoms with Crippen molar-refractivity contribution in [2.24, 2.45) is 5.92 Å². The van der Waals surface area contributed by atoms with Crippen LogP contribution in [-0.2, 0) is 17.6 Å². The molecule has 0 bridgehead atoms. The van der Waals surface area contributed by atoms with E-state index >= 15 is 0 Å². The summed E-state index contributed by atoms with van der Waals surface area (Å²) in [5.41, 5.74) is 2.43. The lowest BCUT2D eigenvalue weighted by Gasteiger charge is -2.49. The SMILES string of the molecule is CC(C)[C@H]1C[C@@H](O)CC2(CCN(c3nc(N(C)C)nc4c3CCCC4)CC2)O1. The molecule has 2 aliphatic heterocycles. The van der Waals surface area contributed by atoms with E-state index in [9.17, 15) is 5.11 Å². The van der Waals surface area contributed by atoms with E-state index in [0.29, 0.717) is 5.92 Å². The van der Waals surface area contributed by atoms with E-state index in [1.54, 1.807) is 0 Å². The Morgan fingerprint density at radius 2 is 1.86 bits per heavy atom. The molecule has 156 valence electrons. The van der Waals surface area contributed by atoms with Gasteiger partial charge < -0.3 is 19.6 Å². The van der Waals surface area contributed by atoms with E-state index < -0.39 is 0 Å². The molecule has 28 heavy (non-hydrogen) atoms. The van der Waals surface area contributed by atoms with Crippen LogP contribution in [0.5, 0.6) is 0 Å². The number of aliphatic hydroxyl groups excluding tert-OH is 1. The van der Waals surface area contributed by atoms with Gasteiger partial charge in [-0.2, -0.15) is 4.98 Å². The number of nitrogens with zero attached hydrogens (tertiary/aromatic N) is 4. The Kier molecular flexibility index (Phi) is 5.53. The van der Waals surface area contributed by atoms with Gasteiger partial charge in [-0.25, -0.2) is 4.98 Å². The molecule has 1 N–H and O–H groups in total. The summed E-state index contributed by atoms with van der Waals surface area (Å²) in [4.78, 5) is 14.2. The Labute approximate surface area is 169 Å². The standard InChI is InChI=1S/C22H36N4O2/c1-15(2)19-13-16(27)14-22(28-19)9-11-26(12-10-22)20-17-7-5-6-8-18(17)23-21(24-20)25(3)4/h15-16,19,27H,5-14H2,1-4H3/t16-,19-/m1/s1. The third-order valence-electron chi connectivity index (χ3n) is 6.78. The first-order chi connectivity index (χ1) is 13.4. The number of fused-ring (bicyclic) bond motifs is 1.